The molecule has 0 saturated carbocycles. The van der Waals surface area contributed by atoms with E-state index in [1.807, 2.05) is 0 Å². The van der Waals surface area contributed by atoms with Crippen LogP contribution in [-0.4, -0.2) is 58.1 Å². The molecule has 0 heterocycles. The van der Waals surface area contributed by atoms with Gasteiger partial charge in [0, 0.05) is 6.92 Å². The van der Waals surface area contributed by atoms with Crippen LogP contribution in [0.5, 0.6) is 0 Å². The Kier molecular flexibility index (Phi) is 16.9. The Hall–Kier alpha value is 0.390. The molecule has 0 aliphatic heterocycles. The average Bonchev–Trinajstić information content (AvgIpc) is 2.31. The van der Waals surface area contributed by atoms with E-state index in [2.05, 4.69) is 11.7 Å². The number of hydrogen-bond donors (Lipinski definition) is 2. The molecule has 2 unspecified atom stereocenters. The van der Waals surface area contributed by atoms with Crippen molar-refractivity contribution >= 4 is 35.5 Å². The van der Waals surface area contributed by atoms with Crippen molar-refractivity contribution in [3.63, 3.8) is 0 Å². The number of rotatable bonds is 11. The van der Waals surface area contributed by atoms with Gasteiger partial charge >= 0.3 is 35.5 Å². The van der Waals surface area contributed by atoms with Crippen LogP contribution in [0.25, 0.3) is 0 Å². The summed E-state index contributed by atoms with van der Waals surface area (Å²) in [5, 5.41) is 18.8. The quantitative estimate of drug-likeness (QED) is 0.264. The number of carbonyl (C=O) groups excluding carboxylic acids is 1. The maximum absolute atomic E-state index is 10.6. The van der Waals surface area contributed by atoms with E-state index in [0.717, 1.165) is 12.8 Å². The summed E-state index contributed by atoms with van der Waals surface area (Å²) in [5.41, 5.74) is 0. The predicted octanol–water partition coefficient (Wildman–Crippen LogP) is 2.11. The van der Waals surface area contributed by atoms with Gasteiger partial charge in [0.2, 0.25) is 6.29 Å². The van der Waals surface area contributed by atoms with Crippen LogP contribution in [0.2, 0.25) is 0 Å². The van der Waals surface area contributed by atoms with Gasteiger partial charge in [-0.15, -0.1) is 0 Å². The van der Waals surface area contributed by atoms with Crippen molar-refractivity contribution in [2.45, 2.75) is 84.0 Å². The van der Waals surface area contributed by atoms with Crippen LogP contribution < -0.4 is 0 Å². The van der Waals surface area contributed by atoms with Gasteiger partial charge < -0.3 is 14.9 Å². The molecule has 0 aliphatic rings. The molecule has 0 rings (SSSR count). The molecule has 0 saturated heterocycles. The number of ether oxygens (including phenoxy) is 1. The van der Waals surface area contributed by atoms with Crippen LogP contribution in [0.15, 0.2) is 0 Å². The van der Waals surface area contributed by atoms with Gasteiger partial charge in [-0.25, -0.2) is 0 Å². The fourth-order valence-corrected chi connectivity index (χ4v) is 1.88. The number of aliphatic hydroxyl groups is 2. The molecule has 5 heteroatoms. The van der Waals surface area contributed by atoms with Crippen LogP contribution in [-0.2, 0) is 9.53 Å². The maximum atomic E-state index is 10.6. The molecular formula is C14H29NaO4. The fraction of sp³-hybridized carbons (Fsp3) is 0.929. The molecule has 110 valence electrons. The van der Waals surface area contributed by atoms with Crippen LogP contribution in [0.3, 0.4) is 0 Å². The first-order valence-electron chi connectivity index (χ1n) is 7.11. The van der Waals surface area contributed by atoms with Crippen molar-refractivity contribution in [3.05, 3.63) is 0 Å². The Labute approximate surface area is 139 Å². The topological polar surface area (TPSA) is 66.8 Å². The standard InChI is InChI=1S/C14H28O4.Na.H/c1-3-4-5-6-7-8-9-10-11-13(16)14(17)18-12(2)15;;/h13-14,16-17H,3-11H2,1-2H3;;. The van der Waals surface area contributed by atoms with Gasteiger partial charge in [0.15, 0.2) is 0 Å². The summed E-state index contributed by atoms with van der Waals surface area (Å²) in [4.78, 5) is 10.6. The van der Waals surface area contributed by atoms with Gasteiger partial charge in [-0.2, -0.15) is 0 Å². The monoisotopic (exact) mass is 284 g/mol. The average molecular weight is 284 g/mol. The number of unbranched alkanes of at least 4 members (excludes halogenated alkanes) is 7. The van der Waals surface area contributed by atoms with Crippen LogP contribution in [0.4, 0.5) is 0 Å². The van der Waals surface area contributed by atoms with E-state index >= 15 is 0 Å². The number of esters is 1. The van der Waals surface area contributed by atoms with Crippen molar-refractivity contribution in [2.75, 3.05) is 0 Å². The van der Waals surface area contributed by atoms with Gasteiger partial charge in [0.1, 0.15) is 6.10 Å². The Bertz CT molecular complexity index is 212. The van der Waals surface area contributed by atoms with Crippen LogP contribution in [0.1, 0.15) is 71.6 Å². The van der Waals surface area contributed by atoms with E-state index in [1.165, 1.54) is 45.4 Å². The second kappa shape index (κ2) is 14.8. The van der Waals surface area contributed by atoms with Crippen molar-refractivity contribution < 1.29 is 19.7 Å². The molecule has 19 heavy (non-hydrogen) atoms. The summed E-state index contributed by atoms with van der Waals surface area (Å²) in [5.74, 6) is -0.572. The van der Waals surface area contributed by atoms with Crippen molar-refractivity contribution in [1.82, 2.24) is 0 Å². The molecule has 0 amide bonds. The van der Waals surface area contributed by atoms with Gasteiger partial charge in [0.25, 0.3) is 0 Å². The third kappa shape index (κ3) is 14.6. The van der Waals surface area contributed by atoms with Crippen molar-refractivity contribution in [3.8, 4) is 0 Å². The van der Waals surface area contributed by atoms with E-state index in [9.17, 15) is 15.0 Å². The second-order valence-electron chi connectivity index (χ2n) is 4.83. The Balaban J connectivity index is 0. The molecule has 0 aromatic carbocycles. The summed E-state index contributed by atoms with van der Waals surface area (Å²) in [6.07, 6.45) is 7.61. The molecule has 0 bridgehead atoms. The third-order valence-corrected chi connectivity index (χ3v) is 2.97. The molecular weight excluding hydrogens is 255 g/mol. The summed E-state index contributed by atoms with van der Waals surface area (Å²) in [6.45, 7) is 3.42. The minimum atomic E-state index is -1.38. The molecule has 0 fully saturated rings. The van der Waals surface area contributed by atoms with Crippen LogP contribution >= 0.6 is 0 Å². The summed E-state index contributed by atoms with van der Waals surface area (Å²) in [7, 11) is 0. The molecule has 0 aliphatic carbocycles. The second-order valence-corrected chi connectivity index (χ2v) is 4.83. The first-order valence-corrected chi connectivity index (χ1v) is 7.11. The zero-order chi connectivity index (χ0) is 13.8. The normalized spacial score (nSPS) is 13.5. The molecule has 2 atom stereocenters. The van der Waals surface area contributed by atoms with E-state index < -0.39 is 18.4 Å². The third-order valence-electron chi connectivity index (χ3n) is 2.97. The van der Waals surface area contributed by atoms with Gasteiger partial charge in [-0.1, -0.05) is 58.3 Å². The zero-order valence-corrected chi connectivity index (χ0v) is 11.7. The zero-order valence-electron chi connectivity index (χ0n) is 11.7. The van der Waals surface area contributed by atoms with E-state index in [-0.39, 0.29) is 29.6 Å². The van der Waals surface area contributed by atoms with E-state index in [4.69, 9.17) is 0 Å². The SMILES string of the molecule is CCCCCCCCCCC(O)C(O)OC(C)=O.[NaH]. The van der Waals surface area contributed by atoms with Crippen molar-refractivity contribution in [2.24, 2.45) is 0 Å². The van der Waals surface area contributed by atoms with Gasteiger partial charge in [-0.3, -0.25) is 4.79 Å². The van der Waals surface area contributed by atoms with Gasteiger partial charge in [-0.05, 0) is 6.42 Å². The minimum absolute atomic E-state index is 0. The summed E-state index contributed by atoms with van der Waals surface area (Å²) < 4.78 is 4.50. The summed E-state index contributed by atoms with van der Waals surface area (Å²) in [6, 6.07) is 0. The number of aliphatic hydroxyl groups excluding tert-OH is 2. The fourth-order valence-electron chi connectivity index (χ4n) is 1.88. The predicted molar refractivity (Wildman–Crippen MR) is 78.2 cm³/mol. The first kappa shape index (κ1) is 21.7. The van der Waals surface area contributed by atoms with E-state index in [0.29, 0.717) is 6.42 Å². The Morgan fingerprint density at radius 3 is 1.95 bits per heavy atom. The molecule has 0 spiro atoms. The van der Waals surface area contributed by atoms with Crippen LogP contribution in [0, 0.1) is 0 Å². The van der Waals surface area contributed by atoms with Gasteiger partial charge in [0.05, 0.1) is 0 Å². The molecule has 0 aromatic heterocycles. The molecule has 4 nitrogen and oxygen atoms in total. The van der Waals surface area contributed by atoms with E-state index in [1.54, 1.807) is 0 Å². The summed E-state index contributed by atoms with van der Waals surface area (Å²) >= 11 is 0. The number of carbonyl (C=O) groups is 1. The number of hydrogen-bond acceptors (Lipinski definition) is 4. The molecule has 2 N–H and O–H groups in total. The molecule has 0 aromatic rings. The first-order chi connectivity index (χ1) is 8.57. The Morgan fingerprint density at radius 2 is 1.47 bits per heavy atom. The van der Waals surface area contributed by atoms with Crippen molar-refractivity contribution in [1.29, 1.82) is 0 Å². The Morgan fingerprint density at radius 1 is 1.00 bits per heavy atom. The molecule has 0 radical (unpaired) electrons.